The lowest BCUT2D eigenvalue weighted by atomic mass is 10.1. The average molecular weight is 260 g/mol. The van der Waals surface area contributed by atoms with Crippen molar-refractivity contribution in [2.75, 3.05) is 20.2 Å². The second-order valence-corrected chi connectivity index (χ2v) is 4.17. The summed E-state index contributed by atoms with van der Waals surface area (Å²) in [4.78, 5) is 34.8. The second-order valence-electron chi connectivity index (χ2n) is 4.17. The third-order valence-corrected chi connectivity index (χ3v) is 2.23. The highest BCUT2D eigenvalue weighted by atomic mass is 16.5. The van der Waals surface area contributed by atoms with Crippen LogP contribution in [-0.2, 0) is 14.3 Å². The van der Waals surface area contributed by atoms with Crippen molar-refractivity contribution in [2.24, 2.45) is 5.92 Å². The number of likely N-dealkylation sites (N-methyl/N-ethyl adjacent to an activating group) is 1. The number of carbonyl (C=O) groups is 3. The number of nitrogens with one attached hydrogen (secondary N) is 1. The molecule has 0 bridgehead atoms. The quantitative estimate of drug-likeness (QED) is 0.670. The fraction of sp³-hybridized carbons (Fsp3) is 0.727. The van der Waals surface area contributed by atoms with Crippen LogP contribution in [-0.4, -0.2) is 54.2 Å². The standard InChI is InChI=1S/C11H20N2O5/c1-5-18-8(14)6-13(4)11(17)12-9(7(2)3)10(15)16/h7,9H,5-6H2,1-4H3,(H,12,17)(H,15,16). The Morgan fingerprint density at radius 3 is 2.28 bits per heavy atom. The number of esters is 1. The number of ether oxygens (including phenoxy) is 1. The van der Waals surface area contributed by atoms with E-state index in [-0.39, 0.29) is 19.1 Å². The van der Waals surface area contributed by atoms with Gasteiger partial charge in [-0.1, -0.05) is 13.8 Å². The number of hydrogen-bond donors (Lipinski definition) is 2. The average Bonchev–Trinajstić information content (AvgIpc) is 2.24. The van der Waals surface area contributed by atoms with Crippen LogP contribution in [0.25, 0.3) is 0 Å². The van der Waals surface area contributed by atoms with Gasteiger partial charge in [-0.15, -0.1) is 0 Å². The largest absolute Gasteiger partial charge is 0.480 e. The molecule has 0 aromatic carbocycles. The van der Waals surface area contributed by atoms with Gasteiger partial charge in [0.2, 0.25) is 0 Å². The van der Waals surface area contributed by atoms with Crippen LogP contribution in [0.5, 0.6) is 0 Å². The highest BCUT2D eigenvalue weighted by Gasteiger charge is 2.25. The van der Waals surface area contributed by atoms with Crippen molar-refractivity contribution in [3.8, 4) is 0 Å². The second kappa shape index (κ2) is 7.52. The molecule has 0 heterocycles. The third kappa shape index (κ3) is 5.51. The van der Waals surface area contributed by atoms with Crippen molar-refractivity contribution in [1.29, 1.82) is 0 Å². The van der Waals surface area contributed by atoms with Crippen LogP contribution in [0, 0.1) is 5.92 Å². The molecule has 0 spiro atoms. The van der Waals surface area contributed by atoms with Crippen molar-refractivity contribution in [2.45, 2.75) is 26.8 Å². The molecule has 0 aliphatic carbocycles. The van der Waals surface area contributed by atoms with Crippen LogP contribution in [0.15, 0.2) is 0 Å². The number of nitrogens with zero attached hydrogens (tertiary/aromatic N) is 1. The Morgan fingerprint density at radius 1 is 1.33 bits per heavy atom. The normalized spacial score (nSPS) is 11.8. The van der Waals surface area contributed by atoms with E-state index in [1.165, 1.54) is 7.05 Å². The Hall–Kier alpha value is -1.79. The molecule has 0 fully saturated rings. The van der Waals surface area contributed by atoms with Crippen molar-refractivity contribution >= 4 is 18.0 Å². The molecule has 0 saturated heterocycles. The molecule has 0 saturated carbocycles. The van der Waals surface area contributed by atoms with Gasteiger partial charge in [-0.3, -0.25) is 4.79 Å². The van der Waals surface area contributed by atoms with Gasteiger partial charge in [-0.25, -0.2) is 9.59 Å². The number of amides is 2. The summed E-state index contributed by atoms with van der Waals surface area (Å²) in [6.45, 7) is 5.05. The maximum absolute atomic E-state index is 11.6. The van der Waals surface area contributed by atoms with Crippen molar-refractivity contribution in [3.63, 3.8) is 0 Å². The molecular formula is C11H20N2O5. The first-order valence-corrected chi connectivity index (χ1v) is 5.69. The molecule has 7 heteroatoms. The number of carboxylic acids is 1. The number of aliphatic carboxylic acids is 1. The van der Waals surface area contributed by atoms with Gasteiger partial charge in [0.05, 0.1) is 6.61 Å². The van der Waals surface area contributed by atoms with Gasteiger partial charge in [0, 0.05) is 7.05 Å². The minimum absolute atomic E-state index is 0.218. The van der Waals surface area contributed by atoms with Gasteiger partial charge in [-0.2, -0.15) is 0 Å². The summed E-state index contributed by atoms with van der Waals surface area (Å²) < 4.78 is 4.69. The lowest BCUT2D eigenvalue weighted by Gasteiger charge is -2.22. The Labute approximate surface area is 106 Å². The number of carboxylic acid groups (broad SMARTS) is 1. The molecule has 1 atom stereocenters. The fourth-order valence-electron chi connectivity index (χ4n) is 1.23. The van der Waals surface area contributed by atoms with Crippen LogP contribution in [0.4, 0.5) is 4.79 Å². The van der Waals surface area contributed by atoms with Gasteiger partial charge < -0.3 is 20.1 Å². The molecule has 18 heavy (non-hydrogen) atoms. The zero-order valence-electron chi connectivity index (χ0n) is 11.1. The van der Waals surface area contributed by atoms with Crippen LogP contribution in [0.3, 0.4) is 0 Å². The molecule has 1 unspecified atom stereocenters. The highest BCUT2D eigenvalue weighted by molar-refractivity contribution is 5.85. The lowest BCUT2D eigenvalue weighted by molar-refractivity contribution is -0.143. The van der Waals surface area contributed by atoms with Gasteiger partial charge in [-0.05, 0) is 12.8 Å². The molecule has 0 radical (unpaired) electrons. The Balaban J connectivity index is 4.38. The van der Waals surface area contributed by atoms with Crippen LogP contribution in [0.1, 0.15) is 20.8 Å². The predicted octanol–water partition coefficient (Wildman–Crippen LogP) is 0.300. The summed E-state index contributed by atoms with van der Waals surface area (Å²) in [7, 11) is 1.39. The molecule has 0 aromatic heterocycles. The Kier molecular flexibility index (Phi) is 6.77. The Bertz CT molecular complexity index is 317. The third-order valence-electron chi connectivity index (χ3n) is 2.23. The van der Waals surface area contributed by atoms with Gasteiger partial charge in [0.25, 0.3) is 0 Å². The van der Waals surface area contributed by atoms with Gasteiger partial charge >= 0.3 is 18.0 Å². The van der Waals surface area contributed by atoms with Crippen molar-refractivity contribution < 1.29 is 24.2 Å². The van der Waals surface area contributed by atoms with E-state index < -0.39 is 24.0 Å². The fourth-order valence-corrected chi connectivity index (χ4v) is 1.23. The number of urea groups is 1. The maximum Gasteiger partial charge on any atom is 0.326 e. The van der Waals surface area contributed by atoms with E-state index in [0.717, 1.165) is 4.90 Å². The monoisotopic (exact) mass is 260 g/mol. The first-order valence-electron chi connectivity index (χ1n) is 5.69. The first-order chi connectivity index (χ1) is 8.29. The molecular weight excluding hydrogens is 240 g/mol. The highest BCUT2D eigenvalue weighted by Crippen LogP contribution is 2.02. The van der Waals surface area contributed by atoms with Gasteiger partial charge in [0.15, 0.2) is 0 Å². The topological polar surface area (TPSA) is 95.9 Å². The molecule has 2 N–H and O–H groups in total. The summed E-state index contributed by atoms with van der Waals surface area (Å²) in [5, 5.41) is 11.3. The summed E-state index contributed by atoms with van der Waals surface area (Å²) in [5.41, 5.74) is 0. The van der Waals surface area contributed by atoms with Crippen LogP contribution < -0.4 is 5.32 Å². The van der Waals surface area contributed by atoms with Crippen molar-refractivity contribution in [1.82, 2.24) is 10.2 Å². The molecule has 0 rings (SSSR count). The number of carbonyl (C=O) groups excluding carboxylic acids is 2. The minimum Gasteiger partial charge on any atom is -0.480 e. The molecule has 0 aromatic rings. The maximum atomic E-state index is 11.6. The SMILES string of the molecule is CCOC(=O)CN(C)C(=O)NC(C(=O)O)C(C)C. The summed E-state index contributed by atoms with van der Waals surface area (Å²) in [6, 6.07) is -1.61. The van der Waals surface area contributed by atoms with Gasteiger partial charge in [0.1, 0.15) is 12.6 Å². The predicted molar refractivity (Wildman–Crippen MR) is 64.1 cm³/mol. The molecule has 2 amide bonds. The van der Waals surface area contributed by atoms with Crippen molar-refractivity contribution in [3.05, 3.63) is 0 Å². The summed E-state index contributed by atoms with van der Waals surface area (Å²) >= 11 is 0. The van der Waals surface area contributed by atoms with E-state index in [1.54, 1.807) is 20.8 Å². The lowest BCUT2D eigenvalue weighted by Crippen LogP contribution is -2.50. The zero-order chi connectivity index (χ0) is 14.3. The van der Waals surface area contributed by atoms with E-state index in [2.05, 4.69) is 10.1 Å². The summed E-state index contributed by atoms with van der Waals surface area (Å²) in [6.07, 6.45) is 0. The number of hydrogen-bond acceptors (Lipinski definition) is 4. The molecule has 104 valence electrons. The zero-order valence-corrected chi connectivity index (χ0v) is 11.1. The smallest absolute Gasteiger partial charge is 0.326 e. The van der Waals surface area contributed by atoms with E-state index in [4.69, 9.17) is 5.11 Å². The molecule has 0 aliphatic rings. The number of rotatable bonds is 6. The summed E-state index contributed by atoms with van der Waals surface area (Å²) in [5.74, 6) is -1.89. The first kappa shape index (κ1) is 16.2. The Morgan fingerprint density at radius 2 is 1.89 bits per heavy atom. The molecule has 7 nitrogen and oxygen atoms in total. The van der Waals surface area contributed by atoms with E-state index in [1.807, 2.05) is 0 Å². The van der Waals surface area contributed by atoms with Crippen LogP contribution in [0.2, 0.25) is 0 Å². The van der Waals surface area contributed by atoms with Crippen LogP contribution >= 0.6 is 0 Å². The molecule has 0 aliphatic heterocycles. The van der Waals surface area contributed by atoms with E-state index in [9.17, 15) is 14.4 Å². The van der Waals surface area contributed by atoms with E-state index in [0.29, 0.717) is 0 Å². The van der Waals surface area contributed by atoms with E-state index >= 15 is 0 Å². The minimum atomic E-state index is -1.11.